The summed E-state index contributed by atoms with van der Waals surface area (Å²) >= 11 is 0. The highest BCUT2D eigenvalue weighted by molar-refractivity contribution is 5.47. The monoisotopic (exact) mass is 218 g/mol. The van der Waals surface area contributed by atoms with Crippen LogP contribution in [0, 0.1) is 0 Å². The molecular weight excluding hydrogens is 204 g/mol. The molecule has 0 aliphatic carbocycles. The molecule has 1 atom stereocenters. The van der Waals surface area contributed by atoms with Gasteiger partial charge >= 0.3 is 0 Å². The average molecular weight is 218 g/mol. The van der Waals surface area contributed by atoms with Crippen molar-refractivity contribution in [1.82, 2.24) is 20.0 Å². The van der Waals surface area contributed by atoms with Crippen molar-refractivity contribution < 1.29 is 4.52 Å². The molecule has 3 rings (SSSR count). The van der Waals surface area contributed by atoms with Gasteiger partial charge in [-0.15, -0.1) is 0 Å². The van der Waals surface area contributed by atoms with Gasteiger partial charge in [0.2, 0.25) is 0 Å². The number of aryl methyl sites for hydroxylation is 1. The largest absolute Gasteiger partial charge is 0.347 e. The number of nitrogens with one attached hydrogen (secondary N) is 1. The van der Waals surface area contributed by atoms with E-state index in [9.17, 15) is 0 Å². The van der Waals surface area contributed by atoms with E-state index < -0.39 is 0 Å². The minimum Gasteiger partial charge on any atom is -0.347 e. The number of rotatable bonds is 2. The smallest absolute Gasteiger partial charge is 0.274 e. The van der Waals surface area contributed by atoms with Gasteiger partial charge in [0.25, 0.3) is 5.89 Å². The summed E-state index contributed by atoms with van der Waals surface area (Å²) in [5, 5.41) is 7.39. The Bertz CT molecular complexity index is 482. The third-order valence-corrected chi connectivity index (χ3v) is 2.98. The second kappa shape index (κ2) is 3.75. The minimum atomic E-state index is 0.262. The zero-order valence-electron chi connectivity index (χ0n) is 9.18. The summed E-state index contributed by atoms with van der Waals surface area (Å²) in [6, 6.07) is 4.20. The van der Waals surface area contributed by atoms with Crippen LogP contribution in [0.2, 0.25) is 0 Å². The van der Waals surface area contributed by atoms with E-state index in [0.29, 0.717) is 5.89 Å². The summed E-state index contributed by atoms with van der Waals surface area (Å²) in [6.07, 6.45) is 4.23. The molecule has 0 aromatic carbocycles. The first kappa shape index (κ1) is 9.59. The van der Waals surface area contributed by atoms with E-state index in [1.54, 1.807) is 0 Å². The molecule has 1 aliphatic rings. The van der Waals surface area contributed by atoms with Crippen LogP contribution in [0.1, 0.15) is 24.7 Å². The van der Waals surface area contributed by atoms with Crippen molar-refractivity contribution in [3.8, 4) is 11.6 Å². The Labute approximate surface area is 93.5 Å². The fourth-order valence-electron chi connectivity index (χ4n) is 2.07. The number of hydrogen-bond donors (Lipinski definition) is 1. The number of hydrogen-bond acceptors (Lipinski definition) is 4. The molecule has 2 aromatic rings. The molecule has 0 unspecified atom stereocenters. The van der Waals surface area contributed by atoms with E-state index in [2.05, 4.69) is 15.5 Å². The van der Waals surface area contributed by atoms with Crippen molar-refractivity contribution in [3.05, 3.63) is 24.2 Å². The lowest BCUT2D eigenvalue weighted by Gasteiger charge is -2.01. The van der Waals surface area contributed by atoms with E-state index in [1.807, 2.05) is 29.9 Å². The Morgan fingerprint density at radius 2 is 2.50 bits per heavy atom. The first-order chi connectivity index (χ1) is 7.84. The highest BCUT2D eigenvalue weighted by Gasteiger charge is 2.22. The molecule has 16 heavy (non-hydrogen) atoms. The summed E-state index contributed by atoms with van der Waals surface area (Å²) in [5.74, 6) is 1.37. The second-order valence-corrected chi connectivity index (χ2v) is 4.11. The molecule has 0 amide bonds. The average Bonchev–Trinajstić information content (AvgIpc) is 2.96. The second-order valence-electron chi connectivity index (χ2n) is 4.11. The summed E-state index contributed by atoms with van der Waals surface area (Å²) < 4.78 is 7.25. The normalized spacial score (nSPS) is 20.4. The molecule has 1 N–H and O–H groups in total. The molecule has 2 aromatic heterocycles. The van der Waals surface area contributed by atoms with Crippen molar-refractivity contribution in [2.45, 2.75) is 18.9 Å². The Hall–Kier alpha value is -1.62. The maximum Gasteiger partial charge on any atom is 0.274 e. The summed E-state index contributed by atoms with van der Waals surface area (Å²) in [4.78, 5) is 4.43. The molecule has 0 radical (unpaired) electrons. The summed E-state index contributed by atoms with van der Waals surface area (Å²) in [6.45, 7) is 1.04. The highest BCUT2D eigenvalue weighted by Crippen LogP contribution is 2.23. The van der Waals surface area contributed by atoms with Crippen molar-refractivity contribution in [1.29, 1.82) is 0 Å². The van der Waals surface area contributed by atoms with Gasteiger partial charge in [-0.05, 0) is 31.5 Å². The van der Waals surface area contributed by atoms with Crippen LogP contribution in [0.15, 0.2) is 22.9 Å². The standard InChI is InChI=1S/C11H14N4O/c1-15-7-3-5-9(15)11-13-10(14-16-11)8-4-2-6-12-8/h3,5,7-8,12H,2,4,6H2,1H3/t8-/m0/s1. The molecule has 84 valence electrons. The lowest BCUT2D eigenvalue weighted by molar-refractivity contribution is 0.410. The lowest BCUT2D eigenvalue weighted by Crippen LogP contribution is -2.14. The zero-order chi connectivity index (χ0) is 11.0. The molecule has 1 fully saturated rings. The summed E-state index contributed by atoms with van der Waals surface area (Å²) in [5.41, 5.74) is 0.955. The van der Waals surface area contributed by atoms with Crippen molar-refractivity contribution in [2.75, 3.05) is 6.54 Å². The van der Waals surface area contributed by atoms with Crippen LogP contribution in [0.3, 0.4) is 0 Å². The van der Waals surface area contributed by atoms with Gasteiger partial charge in [0.1, 0.15) is 5.69 Å². The van der Waals surface area contributed by atoms with Crippen LogP contribution < -0.4 is 5.32 Å². The first-order valence-electron chi connectivity index (χ1n) is 5.53. The Balaban J connectivity index is 1.90. The molecule has 1 aliphatic heterocycles. The van der Waals surface area contributed by atoms with Crippen LogP contribution >= 0.6 is 0 Å². The van der Waals surface area contributed by atoms with E-state index in [-0.39, 0.29) is 6.04 Å². The fraction of sp³-hybridized carbons (Fsp3) is 0.455. The van der Waals surface area contributed by atoms with Gasteiger partial charge < -0.3 is 14.4 Å². The zero-order valence-corrected chi connectivity index (χ0v) is 9.18. The van der Waals surface area contributed by atoms with Crippen LogP contribution in [-0.2, 0) is 7.05 Å². The predicted molar refractivity (Wildman–Crippen MR) is 58.7 cm³/mol. The molecule has 3 heterocycles. The molecule has 5 nitrogen and oxygen atoms in total. The van der Waals surface area contributed by atoms with Crippen molar-refractivity contribution in [3.63, 3.8) is 0 Å². The van der Waals surface area contributed by atoms with Crippen LogP contribution in [0.25, 0.3) is 11.6 Å². The van der Waals surface area contributed by atoms with Gasteiger partial charge in [0, 0.05) is 13.2 Å². The Morgan fingerprint density at radius 3 is 3.19 bits per heavy atom. The van der Waals surface area contributed by atoms with E-state index in [4.69, 9.17) is 4.52 Å². The van der Waals surface area contributed by atoms with Gasteiger partial charge in [0.15, 0.2) is 5.82 Å². The van der Waals surface area contributed by atoms with E-state index >= 15 is 0 Å². The van der Waals surface area contributed by atoms with Gasteiger partial charge in [-0.3, -0.25) is 0 Å². The van der Waals surface area contributed by atoms with Gasteiger partial charge in [-0.25, -0.2) is 0 Å². The van der Waals surface area contributed by atoms with Gasteiger partial charge in [-0.2, -0.15) is 4.98 Å². The molecular formula is C11H14N4O. The molecule has 1 saturated heterocycles. The third-order valence-electron chi connectivity index (χ3n) is 2.98. The van der Waals surface area contributed by atoms with Gasteiger partial charge in [-0.1, -0.05) is 5.16 Å². The molecule has 5 heteroatoms. The maximum atomic E-state index is 5.28. The van der Waals surface area contributed by atoms with Crippen LogP contribution in [0.4, 0.5) is 0 Å². The quantitative estimate of drug-likeness (QED) is 0.830. The van der Waals surface area contributed by atoms with E-state index in [1.165, 1.54) is 6.42 Å². The van der Waals surface area contributed by atoms with Crippen molar-refractivity contribution in [2.24, 2.45) is 7.05 Å². The fourth-order valence-corrected chi connectivity index (χ4v) is 2.07. The maximum absolute atomic E-state index is 5.28. The predicted octanol–water partition coefficient (Wildman–Crippen LogP) is 1.50. The Morgan fingerprint density at radius 1 is 1.56 bits per heavy atom. The number of nitrogens with zero attached hydrogens (tertiary/aromatic N) is 3. The highest BCUT2D eigenvalue weighted by atomic mass is 16.5. The SMILES string of the molecule is Cn1cccc1-c1nc([C@@H]2CCCN2)no1. The first-order valence-corrected chi connectivity index (χ1v) is 5.53. The third kappa shape index (κ3) is 1.53. The molecule has 0 bridgehead atoms. The van der Waals surface area contributed by atoms with E-state index in [0.717, 1.165) is 24.5 Å². The molecule has 0 saturated carbocycles. The van der Waals surface area contributed by atoms with Crippen LogP contribution in [-0.4, -0.2) is 21.3 Å². The lowest BCUT2D eigenvalue weighted by atomic mass is 10.2. The summed E-state index contributed by atoms with van der Waals surface area (Å²) in [7, 11) is 1.97. The van der Waals surface area contributed by atoms with Crippen molar-refractivity contribution >= 4 is 0 Å². The number of aromatic nitrogens is 3. The molecule has 0 spiro atoms. The minimum absolute atomic E-state index is 0.262. The Kier molecular flexibility index (Phi) is 2.25. The van der Waals surface area contributed by atoms with Crippen LogP contribution in [0.5, 0.6) is 0 Å². The van der Waals surface area contributed by atoms with Gasteiger partial charge in [0.05, 0.1) is 6.04 Å². The topological polar surface area (TPSA) is 55.9 Å².